The molecule has 3 aromatic carbocycles. The lowest BCUT2D eigenvalue weighted by Gasteiger charge is -2.12. The zero-order chi connectivity index (χ0) is 19.3. The minimum atomic E-state index is -0.195. The van der Waals surface area contributed by atoms with Gasteiger partial charge in [-0.3, -0.25) is 4.79 Å². The van der Waals surface area contributed by atoms with E-state index in [0.29, 0.717) is 0 Å². The number of carbonyl (C=O) groups excluding carboxylic acids is 1. The molecule has 0 fully saturated rings. The minimum absolute atomic E-state index is 0.0365. The summed E-state index contributed by atoms with van der Waals surface area (Å²) >= 11 is 1.61. The van der Waals surface area contributed by atoms with Gasteiger partial charge < -0.3 is 10.1 Å². The van der Waals surface area contributed by atoms with Crippen LogP contribution in [0, 0.1) is 0 Å². The van der Waals surface area contributed by atoms with Crippen LogP contribution in [0.4, 0.5) is 5.69 Å². The number of aryl methyl sites for hydroxylation is 1. The molecule has 0 saturated heterocycles. The van der Waals surface area contributed by atoms with Gasteiger partial charge in [0.2, 0.25) is 0 Å². The van der Waals surface area contributed by atoms with Gasteiger partial charge in [-0.1, -0.05) is 49.4 Å². The molecule has 4 aromatic rings. The maximum atomic E-state index is 12.5. The summed E-state index contributed by atoms with van der Waals surface area (Å²) in [5.41, 5.74) is 3.69. The number of hydrogen-bond acceptors (Lipinski definition) is 4. The highest BCUT2D eigenvalue weighted by molar-refractivity contribution is 7.21. The molecule has 0 radical (unpaired) electrons. The van der Waals surface area contributed by atoms with Crippen LogP contribution >= 0.6 is 11.3 Å². The first kappa shape index (κ1) is 18.2. The third-order valence-electron chi connectivity index (χ3n) is 4.44. The summed E-state index contributed by atoms with van der Waals surface area (Å²) in [5.74, 6) is 0.555. The van der Waals surface area contributed by atoms with Gasteiger partial charge in [0, 0.05) is 5.56 Å². The highest BCUT2D eigenvalue weighted by Crippen LogP contribution is 2.34. The second kappa shape index (κ2) is 8.23. The maximum absolute atomic E-state index is 12.5. The Morgan fingerprint density at radius 1 is 1.00 bits per heavy atom. The molecule has 0 bridgehead atoms. The molecule has 140 valence electrons. The van der Waals surface area contributed by atoms with Crippen molar-refractivity contribution in [2.75, 3.05) is 11.9 Å². The van der Waals surface area contributed by atoms with E-state index in [2.05, 4.69) is 18.3 Å². The zero-order valence-corrected chi connectivity index (χ0v) is 16.3. The molecule has 0 unspecified atom stereocenters. The summed E-state index contributed by atoms with van der Waals surface area (Å²) in [5, 5.41) is 3.85. The van der Waals surface area contributed by atoms with Gasteiger partial charge in [-0.2, -0.15) is 0 Å². The van der Waals surface area contributed by atoms with Crippen molar-refractivity contribution < 1.29 is 9.53 Å². The van der Waals surface area contributed by atoms with E-state index in [0.717, 1.165) is 44.2 Å². The average Bonchev–Trinajstić information content (AvgIpc) is 3.17. The number of nitrogens with zero attached hydrogens (tertiary/aromatic N) is 1. The molecule has 0 saturated carbocycles. The first-order chi connectivity index (χ1) is 13.7. The molecule has 1 amide bonds. The number of ether oxygens (including phenoxy) is 1. The van der Waals surface area contributed by atoms with E-state index in [1.807, 2.05) is 66.7 Å². The Bertz CT molecular complexity index is 1090. The predicted molar refractivity (Wildman–Crippen MR) is 115 cm³/mol. The molecular weight excluding hydrogens is 368 g/mol. The van der Waals surface area contributed by atoms with Crippen molar-refractivity contribution in [1.29, 1.82) is 0 Å². The summed E-state index contributed by atoms with van der Waals surface area (Å²) in [6.07, 6.45) is 0.859. The van der Waals surface area contributed by atoms with Gasteiger partial charge in [-0.05, 0) is 42.3 Å². The van der Waals surface area contributed by atoms with Crippen LogP contribution in [0.3, 0.4) is 0 Å². The van der Waals surface area contributed by atoms with Crippen molar-refractivity contribution in [2.45, 2.75) is 13.3 Å². The normalized spacial score (nSPS) is 10.8. The molecule has 4 nitrogen and oxygen atoms in total. The van der Waals surface area contributed by atoms with Crippen molar-refractivity contribution in [3.63, 3.8) is 0 Å². The molecular formula is C23H20N2O2S. The van der Waals surface area contributed by atoms with Crippen LogP contribution in [0.25, 0.3) is 20.8 Å². The number of thiazole rings is 1. The van der Waals surface area contributed by atoms with E-state index in [1.54, 1.807) is 11.3 Å². The van der Waals surface area contributed by atoms with Crippen molar-refractivity contribution in [3.8, 4) is 16.3 Å². The van der Waals surface area contributed by atoms with Crippen molar-refractivity contribution >= 4 is 33.1 Å². The summed E-state index contributed by atoms with van der Waals surface area (Å²) in [6.45, 7) is 2.03. The number of anilines is 1. The van der Waals surface area contributed by atoms with Crippen LogP contribution in [0.5, 0.6) is 5.75 Å². The fourth-order valence-corrected chi connectivity index (χ4v) is 4.04. The third-order valence-corrected chi connectivity index (χ3v) is 5.51. The standard InChI is InChI=1S/C23H20N2O2S/c1-2-16-9-3-7-13-20(16)27-15-22(26)24-18-11-5-4-10-17(18)23-25-19-12-6-8-14-21(19)28-23/h3-14H,2,15H2,1H3,(H,24,26). The van der Waals surface area contributed by atoms with E-state index in [9.17, 15) is 4.79 Å². The fourth-order valence-electron chi connectivity index (χ4n) is 3.03. The molecule has 0 aliphatic rings. The van der Waals surface area contributed by atoms with Gasteiger partial charge in [-0.25, -0.2) is 4.98 Å². The molecule has 1 heterocycles. The van der Waals surface area contributed by atoms with Gasteiger partial charge in [0.05, 0.1) is 15.9 Å². The predicted octanol–water partition coefficient (Wildman–Crippen LogP) is 5.54. The number of amides is 1. The topological polar surface area (TPSA) is 51.2 Å². The average molecular weight is 388 g/mol. The Balaban J connectivity index is 1.51. The maximum Gasteiger partial charge on any atom is 0.262 e. The first-order valence-electron chi connectivity index (χ1n) is 9.20. The van der Waals surface area contributed by atoms with Crippen LogP contribution in [-0.2, 0) is 11.2 Å². The number of para-hydroxylation sites is 3. The lowest BCUT2D eigenvalue weighted by atomic mass is 10.1. The van der Waals surface area contributed by atoms with Crippen molar-refractivity contribution in [2.24, 2.45) is 0 Å². The smallest absolute Gasteiger partial charge is 0.262 e. The van der Waals surface area contributed by atoms with Gasteiger partial charge >= 0.3 is 0 Å². The van der Waals surface area contributed by atoms with E-state index >= 15 is 0 Å². The SMILES string of the molecule is CCc1ccccc1OCC(=O)Nc1ccccc1-c1nc2ccccc2s1. The number of carbonyl (C=O) groups is 1. The highest BCUT2D eigenvalue weighted by atomic mass is 32.1. The quantitative estimate of drug-likeness (QED) is 0.472. The fraction of sp³-hybridized carbons (Fsp3) is 0.130. The molecule has 0 aliphatic carbocycles. The number of fused-ring (bicyclic) bond motifs is 1. The molecule has 1 N–H and O–H groups in total. The Kier molecular flexibility index (Phi) is 5.35. The summed E-state index contributed by atoms with van der Waals surface area (Å²) in [6, 6.07) is 23.5. The zero-order valence-electron chi connectivity index (χ0n) is 15.5. The first-order valence-corrected chi connectivity index (χ1v) is 10.0. The number of nitrogens with one attached hydrogen (secondary N) is 1. The number of benzene rings is 3. The number of aromatic nitrogens is 1. The Labute approximate surface area is 167 Å². The monoisotopic (exact) mass is 388 g/mol. The van der Waals surface area contributed by atoms with Crippen LogP contribution in [-0.4, -0.2) is 17.5 Å². The van der Waals surface area contributed by atoms with Gasteiger partial charge in [0.1, 0.15) is 10.8 Å². The lowest BCUT2D eigenvalue weighted by Crippen LogP contribution is -2.20. The van der Waals surface area contributed by atoms with E-state index < -0.39 is 0 Å². The number of hydrogen-bond donors (Lipinski definition) is 1. The van der Waals surface area contributed by atoms with E-state index in [4.69, 9.17) is 9.72 Å². The summed E-state index contributed by atoms with van der Waals surface area (Å²) in [4.78, 5) is 17.2. The van der Waals surface area contributed by atoms with Gasteiger partial charge in [-0.15, -0.1) is 11.3 Å². The van der Waals surface area contributed by atoms with Crippen molar-refractivity contribution in [3.05, 3.63) is 78.4 Å². The Hall–Kier alpha value is -3.18. The molecule has 0 aliphatic heterocycles. The molecule has 1 aromatic heterocycles. The number of rotatable bonds is 6. The van der Waals surface area contributed by atoms with Gasteiger partial charge in [0.15, 0.2) is 6.61 Å². The Morgan fingerprint density at radius 3 is 2.61 bits per heavy atom. The molecule has 0 spiro atoms. The largest absolute Gasteiger partial charge is 0.483 e. The van der Waals surface area contributed by atoms with Crippen LogP contribution in [0.15, 0.2) is 72.8 Å². The highest BCUT2D eigenvalue weighted by Gasteiger charge is 2.13. The van der Waals surface area contributed by atoms with Crippen molar-refractivity contribution in [1.82, 2.24) is 4.98 Å². The minimum Gasteiger partial charge on any atom is -0.483 e. The second-order valence-electron chi connectivity index (χ2n) is 6.33. The molecule has 0 atom stereocenters. The van der Waals surface area contributed by atoms with Gasteiger partial charge in [0.25, 0.3) is 5.91 Å². The molecule has 4 rings (SSSR count). The summed E-state index contributed by atoms with van der Waals surface area (Å²) < 4.78 is 6.85. The van der Waals surface area contributed by atoms with E-state index in [1.165, 1.54) is 0 Å². The van der Waals surface area contributed by atoms with Crippen LogP contribution < -0.4 is 10.1 Å². The lowest BCUT2D eigenvalue weighted by molar-refractivity contribution is -0.118. The summed E-state index contributed by atoms with van der Waals surface area (Å²) in [7, 11) is 0. The Morgan fingerprint density at radius 2 is 1.75 bits per heavy atom. The van der Waals surface area contributed by atoms with E-state index in [-0.39, 0.29) is 12.5 Å². The van der Waals surface area contributed by atoms with Crippen LogP contribution in [0.2, 0.25) is 0 Å². The molecule has 28 heavy (non-hydrogen) atoms. The van der Waals surface area contributed by atoms with Crippen LogP contribution in [0.1, 0.15) is 12.5 Å². The second-order valence-corrected chi connectivity index (χ2v) is 7.36. The third kappa shape index (κ3) is 3.89. The molecule has 5 heteroatoms.